The van der Waals surface area contributed by atoms with Gasteiger partial charge in [0.2, 0.25) is 23.6 Å². The van der Waals surface area contributed by atoms with E-state index < -0.39 is 41.8 Å². The van der Waals surface area contributed by atoms with Crippen LogP contribution in [0, 0.1) is 17.2 Å². The fraction of sp³-hybridized carbons (Fsp3) is 0.421. The van der Waals surface area contributed by atoms with Gasteiger partial charge >= 0.3 is 0 Å². The van der Waals surface area contributed by atoms with Crippen molar-refractivity contribution in [2.24, 2.45) is 11.7 Å². The van der Waals surface area contributed by atoms with Gasteiger partial charge in [-0.15, -0.1) is 0 Å². The first-order valence-electron chi connectivity index (χ1n) is 8.92. The fourth-order valence-corrected chi connectivity index (χ4v) is 2.99. The number of carbonyl (C=O) groups is 4. The summed E-state index contributed by atoms with van der Waals surface area (Å²) in [5, 5.41) is 16.3. The van der Waals surface area contributed by atoms with E-state index in [-0.39, 0.29) is 18.7 Å². The summed E-state index contributed by atoms with van der Waals surface area (Å²) in [5.74, 6) is -2.72. The van der Waals surface area contributed by atoms with E-state index in [0.717, 1.165) is 5.56 Å². The number of nitriles is 1. The zero-order valence-corrected chi connectivity index (χ0v) is 15.5. The van der Waals surface area contributed by atoms with Crippen LogP contribution in [0.25, 0.3) is 0 Å². The molecule has 1 heterocycles. The van der Waals surface area contributed by atoms with Crippen LogP contribution >= 0.6 is 0 Å². The molecular formula is C19H23N5O4. The summed E-state index contributed by atoms with van der Waals surface area (Å²) in [7, 11) is 0. The molecule has 0 aromatic heterocycles. The molecule has 5 N–H and O–H groups in total. The van der Waals surface area contributed by atoms with Gasteiger partial charge in [0.25, 0.3) is 0 Å². The van der Waals surface area contributed by atoms with E-state index in [2.05, 4.69) is 16.0 Å². The Labute approximate surface area is 162 Å². The molecule has 2 rings (SSSR count). The number of piperazine rings is 1. The number of nitrogens with one attached hydrogen (secondary N) is 3. The summed E-state index contributed by atoms with van der Waals surface area (Å²) in [6.45, 7) is 1.61. The van der Waals surface area contributed by atoms with Crippen LogP contribution < -0.4 is 21.7 Å². The number of carbonyl (C=O) groups excluding carboxylic acids is 4. The minimum atomic E-state index is -1.04. The van der Waals surface area contributed by atoms with Crippen molar-refractivity contribution >= 4 is 23.6 Å². The van der Waals surface area contributed by atoms with Gasteiger partial charge in [-0.2, -0.15) is 5.26 Å². The van der Waals surface area contributed by atoms with E-state index in [0.29, 0.717) is 6.42 Å². The largest absolute Gasteiger partial charge is 0.368 e. The number of primary amides is 1. The van der Waals surface area contributed by atoms with Gasteiger partial charge in [-0.25, -0.2) is 0 Å². The number of hydrogen-bond donors (Lipinski definition) is 4. The van der Waals surface area contributed by atoms with Gasteiger partial charge in [0.1, 0.15) is 18.1 Å². The van der Waals surface area contributed by atoms with Crippen LogP contribution in [-0.4, -0.2) is 41.8 Å². The quantitative estimate of drug-likeness (QED) is 0.458. The molecule has 0 aliphatic carbocycles. The van der Waals surface area contributed by atoms with Gasteiger partial charge in [-0.3, -0.25) is 19.2 Å². The van der Waals surface area contributed by atoms with Crippen molar-refractivity contribution in [3.05, 3.63) is 35.9 Å². The molecule has 0 unspecified atom stereocenters. The number of nitrogens with two attached hydrogens (primary N) is 1. The Hall–Kier alpha value is -3.41. The lowest BCUT2D eigenvalue weighted by Gasteiger charge is -2.30. The average molecular weight is 385 g/mol. The number of benzene rings is 1. The van der Waals surface area contributed by atoms with Crippen molar-refractivity contribution in [1.82, 2.24) is 16.0 Å². The first-order chi connectivity index (χ1) is 13.3. The molecule has 1 aromatic carbocycles. The molecule has 1 aromatic rings. The van der Waals surface area contributed by atoms with Gasteiger partial charge in [0.15, 0.2) is 0 Å². The first kappa shape index (κ1) is 20.9. The van der Waals surface area contributed by atoms with Crippen molar-refractivity contribution < 1.29 is 19.2 Å². The average Bonchev–Trinajstić information content (AvgIpc) is 2.64. The maximum Gasteiger partial charge on any atom is 0.243 e. The van der Waals surface area contributed by atoms with Crippen LogP contribution in [0.5, 0.6) is 0 Å². The van der Waals surface area contributed by atoms with Gasteiger partial charge in [0, 0.05) is 12.8 Å². The molecule has 9 nitrogen and oxygen atoms in total. The highest BCUT2D eigenvalue weighted by Crippen LogP contribution is 2.10. The predicted molar refractivity (Wildman–Crippen MR) is 99.1 cm³/mol. The van der Waals surface area contributed by atoms with Crippen molar-refractivity contribution in [3.8, 4) is 6.07 Å². The Kier molecular flexibility index (Phi) is 7.09. The normalized spacial score (nSPS) is 20.9. The number of hydrogen-bond acceptors (Lipinski definition) is 5. The molecule has 1 aliphatic heterocycles. The lowest BCUT2D eigenvalue weighted by atomic mass is 9.97. The Morgan fingerprint density at radius 3 is 2.39 bits per heavy atom. The molecule has 4 amide bonds. The van der Waals surface area contributed by atoms with Gasteiger partial charge in [-0.05, 0) is 11.5 Å². The summed E-state index contributed by atoms with van der Waals surface area (Å²) in [6.07, 6.45) is 0.0428. The van der Waals surface area contributed by atoms with Crippen LogP contribution in [0.15, 0.2) is 30.3 Å². The smallest absolute Gasteiger partial charge is 0.243 e. The second-order valence-corrected chi connectivity index (χ2v) is 6.80. The summed E-state index contributed by atoms with van der Waals surface area (Å²) in [5.41, 5.74) is 6.18. The van der Waals surface area contributed by atoms with Crippen LogP contribution in [0.4, 0.5) is 0 Å². The fourth-order valence-electron chi connectivity index (χ4n) is 2.99. The van der Waals surface area contributed by atoms with Crippen molar-refractivity contribution in [2.45, 2.75) is 44.3 Å². The van der Waals surface area contributed by atoms with E-state index in [1.165, 1.54) is 0 Å². The number of nitrogens with zero attached hydrogens (tertiary/aromatic N) is 1. The van der Waals surface area contributed by atoms with Gasteiger partial charge in [-0.1, -0.05) is 37.3 Å². The number of rotatable bonds is 8. The molecule has 1 saturated heterocycles. The zero-order chi connectivity index (χ0) is 20.7. The molecule has 148 valence electrons. The molecule has 9 heteroatoms. The van der Waals surface area contributed by atoms with Crippen molar-refractivity contribution in [1.29, 1.82) is 5.26 Å². The minimum absolute atomic E-state index is 0.0374. The molecule has 4 atom stereocenters. The van der Waals surface area contributed by atoms with E-state index >= 15 is 0 Å². The standard InChI is InChI=1S/C19H23N5O4/c1-11(7-8-20)16(17(21)26)24-15(25)10-14-19(28)22-13(18(27)23-14)9-12-5-3-2-4-6-12/h2-6,11,13-14,16H,7,9-10H2,1H3,(H2,21,26)(H,22,28)(H,23,27)(H,24,25)/t11-,13-,14-,16-/m0/s1. The molecule has 0 radical (unpaired) electrons. The number of amides is 4. The molecule has 0 saturated carbocycles. The lowest BCUT2D eigenvalue weighted by molar-refractivity contribution is -0.138. The summed E-state index contributed by atoms with van der Waals surface area (Å²) in [4.78, 5) is 48.3. The summed E-state index contributed by atoms with van der Waals surface area (Å²) >= 11 is 0. The minimum Gasteiger partial charge on any atom is -0.368 e. The lowest BCUT2D eigenvalue weighted by Crippen LogP contribution is -2.63. The van der Waals surface area contributed by atoms with Crippen LogP contribution in [-0.2, 0) is 25.6 Å². The molecule has 1 aliphatic rings. The van der Waals surface area contributed by atoms with E-state index in [1.807, 2.05) is 36.4 Å². The van der Waals surface area contributed by atoms with E-state index in [9.17, 15) is 19.2 Å². The Balaban J connectivity index is 1.93. The van der Waals surface area contributed by atoms with E-state index in [4.69, 9.17) is 11.0 Å². The highest BCUT2D eigenvalue weighted by molar-refractivity contribution is 5.99. The van der Waals surface area contributed by atoms with Crippen molar-refractivity contribution in [2.75, 3.05) is 0 Å². The predicted octanol–water partition coefficient (Wildman–Crippen LogP) is -0.878. The highest BCUT2D eigenvalue weighted by atomic mass is 16.2. The molecule has 28 heavy (non-hydrogen) atoms. The molecule has 1 fully saturated rings. The molecular weight excluding hydrogens is 362 g/mol. The van der Waals surface area contributed by atoms with Gasteiger partial charge in [0.05, 0.1) is 12.5 Å². The third-order valence-electron chi connectivity index (χ3n) is 4.54. The van der Waals surface area contributed by atoms with Crippen LogP contribution in [0.2, 0.25) is 0 Å². The van der Waals surface area contributed by atoms with E-state index in [1.54, 1.807) is 6.92 Å². The highest BCUT2D eigenvalue weighted by Gasteiger charge is 2.35. The van der Waals surface area contributed by atoms with Gasteiger partial charge < -0.3 is 21.7 Å². The Bertz CT molecular complexity index is 789. The molecule has 0 bridgehead atoms. The zero-order valence-electron chi connectivity index (χ0n) is 15.5. The maximum atomic E-state index is 12.3. The maximum absolute atomic E-state index is 12.3. The third-order valence-corrected chi connectivity index (χ3v) is 4.54. The van der Waals surface area contributed by atoms with Crippen molar-refractivity contribution in [3.63, 3.8) is 0 Å². The third kappa shape index (κ3) is 5.54. The Morgan fingerprint density at radius 1 is 1.18 bits per heavy atom. The summed E-state index contributed by atoms with van der Waals surface area (Å²) < 4.78 is 0. The van der Waals surface area contributed by atoms with Crippen LogP contribution in [0.3, 0.4) is 0 Å². The first-order valence-corrected chi connectivity index (χ1v) is 8.92. The Morgan fingerprint density at radius 2 is 1.79 bits per heavy atom. The topological polar surface area (TPSA) is 154 Å². The summed E-state index contributed by atoms with van der Waals surface area (Å²) in [6, 6.07) is 8.37. The molecule has 0 spiro atoms. The SMILES string of the molecule is C[C@@H](CC#N)[C@H](NC(=O)C[C@@H]1NC(=O)[C@H](Cc2ccccc2)NC1=O)C(N)=O. The monoisotopic (exact) mass is 385 g/mol. The van der Waals surface area contributed by atoms with Crippen LogP contribution in [0.1, 0.15) is 25.3 Å². The second-order valence-electron chi connectivity index (χ2n) is 6.80. The second kappa shape index (κ2) is 9.50.